The number of benzene rings is 1. The number of hydrogen-bond donors (Lipinski definition) is 0. The van der Waals surface area contributed by atoms with Crippen molar-refractivity contribution >= 4 is 33.0 Å². The smallest absolute Gasteiger partial charge is 0.179 e. The SMILES string of the molecule is COc1sc2c(C)cccc2c1CCl. The van der Waals surface area contributed by atoms with E-state index in [0.717, 1.165) is 10.6 Å². The van der Waals surface area contributed by atoms with Gasteiger partial charge in [0.15, 0.2) is 5.06 Å². The van der Waals surface area contributed by atoms with Gasteiger partial charge in [0, 0.05) is 15.6 Å². The number of fused-ring (bicyclic) bond motifs is 1. The molecule has 0 amide bonds. The zero-order valence-corrected chi connectivity index (χ0v) is 9.71. The Morgan fingerprint density at radius 2 is 2.21 bits per heavy atom. The van der Waals surface area contributed by atoms with E-state index in [1.54, 1.807) is 18.4 Å². The molecule has 0 bridgehead atoms. The first-order chi connectivity index (χ1) is 6.77. The average Bonchev–Trinajstić information content (AvgIpc) is 2.57. The Bertz CT molecular complexity index is 462. The zero-order valence-electron chi connectivity index (χ0n) is 8.13. The summed E-state index contributed by atoms with van der Waals surface area (Å²) in [7, 11) is 1.69. The average molecular weight is 227 g/mol. The molecule has 2 aromatic rings. The molecule has 2 rings (SSSR count). The standard InChI is InChI=1S/C11H11ClOS/c1-7-4-3-5-8-9(6-12)11(13-2)14-10(7)8/h3-5H,6H2,1-2H3. The van der Waals surface area contributed by atoms with Crippen molar-refractivity contribution < 1.29 is 4.74 Å². The summed E-state index contributed by atoms with van der Waals surface area (Å²) >= 11 is 7.58. The van der Waals surface area contributed by atoms with Gasteiger partial charge in [-0.3, -0.25) is 0 Å². The van der Waals surface area contributed by atoms with E-state index in [-0.39, 0.29) is 0 Å². The molecule has 1 heterocycles. The van der Waals surface area contributed by atoms with Crippen LogP contribution in [0.5, 0.6) is 5.06 Å². The highest BCUT2D eigenvalue weighted by molar-refractivity contribution is 7.21. The van der Waals surface area contributed by atoms with Crippen molar-refractivity contribution in [1.82, 2.24) is 0 Å². The zero-order chi connectivity index (χ0) is 10.1. The van der Waals surface area contributed by atoms with Crippen LogP contribution in [0.1, 0.15) is 11.1 Å². The van der Waals surface area contributed by atoms with Gasteiger partial charge in [0.05, 0.1) is 13.0 Å². The Morgan fingerprint density at radius 3 is 2.86 bits per heavy atom. The van der Waals surface area contributed by atoms with Gasteiger partial charge in [-0.25, -0.2) is 0 Å². The second-order valence-corrected chi connectivity index (χ2v) is 4.41. The van der Waals surface area contributed by atoms with Gasteiger partial charge < -0.3 is 4.74 Å². The van der Waals surface area contributed by atoms with E-state index in [1.165, 1.54) is 15.6 Å². The van der Waals surface area contributed by atoms with Crippen molar-refractivity contribution in [2.45, 2.75) is 12.8 Å². The summed E-state index contributed by atoms with van der Waals surface area (Å²) in [5.74, 6) is 0.507. The highest BCUT2D eigenvalue weighted by Crippen LogP contribution is 2.39. The van der Waals surface area contributed by atoms with Crippen molar-refractivity contribution in [3.63, 3.8) is 0 Å². The van der Waals surface area contributed by atoms with Crippen molar-refractivity contribution in [1.29, 1.82) is 0 Å². The Kier molecular flexibility index (Phi) is 2.66. The maximum absolute atomic E-state index is 5.91. The lowest BCUT2D eigenvalue weighted by Crippen LogP contribution is -1.82. The molecule has 0 saturated carbocycles. The van der Waals surface area contributed by atoms with E-state index in [1.807, 2.05) is 0 Å². The molecule has 0 saturated heterocycles. The van der Waals surface area contributed by atoms with Gasteiger partial charge in [0.2, 0.25) is 0 Å². The largest absolute Gasteiger partial charge is 0.487 e. The van der Waals surface area contributed by atoms with Crippen molar-refractivity contribution in [3.8, 4) is 5.06 Å². The van der Waals surface area contributed by atoms with Crippen LogP contribution in [0, 0.1) is 6.92 Å². The van der Waals surface area contributed by atoms with Gasteiger partial charge in [0.1, 0.15) is 0 Å². The lowest BCUT2D eigenvalue weighted by atomic mass is 10.1. The molecule has 0 N–H and O–H groups in total. The van der Waals surface area contributed by atoms with Crippen LogP contribution < -0.4 is 4.74 Å². The lowest BCUT2D eigenvalue weighted by Gasteiger charge is -1.97. The van der Waals surface area contributed by atoms with Gasteiger partial charge >= 0.3 is 0 Å². The van der Waals surface area contributed by atoms with Crippen LogP contribution in [0.3, 0.4) is 0 Å². The van der Waals surface area contributed by atoms with Crippen LogP contribution in [0.4, 0.5) is 0 Å². The summed E-state index contributed by atoms with van der Waals surface area (Å²) in [6.07, 6.45) is 0. The fourth-order valence-electron chi connectivity index (χ4n) is 1.58. The third-order valence-electron chi connectivity index (χ3n) is 2.30. The van der Waals surface area contributed by atoms with Crippen LogP contribution >= 0.6 is 22.9 Å². The number of thiophene rings is 1. The second kappa shape index (κ2) is 3.79. The number of halogens is 1. The molecule has 0 fully saturated rings. The quantitative estimate of drug-likeness (QED) is 0.705. The van der Waals surface area contributed by atoms with Crippen LogP contribution in [0.2, 0.25) is 0 Å². The first-order valence-corrected chi connectivity index (χ1v) is 5.74. The third-order valence-corrected chi connectivity index (χ3v) is 3.91. The monoisotopic (exact) mass is 226 g/mol. The molecule has 0 spiro atoms. The van der Waals surface area contributed by atoms with Gasteiger partial charge in [-0.2, -0.15) is 0 Å². The molecule has 1 aromatic heterocycles. The highest BCUT2D eigenvalue weighted by atomic mass is 35.5. The highest BCUT2D eigenvalue weighted by Gasteiger charge is 2.12. The Balaban J connectivity index is 2.79. The van der Waals surface area contributed by atoms with Crippen molar-refractivity contribution in [3.05, 3.63) is 29.3 Å². The molecule has 3 heteroatoms. The summed E-state index contributed by atoms with van der Waals surface area (Å²) in [5.41, 5.74) is 2.39. The molecule has 0 unspecified atom stereocenters. The topological polar surface area (TPSA) is 9.23 Å². The molecule has 0 radical (unpaired) electrons. The summed E-state index contributed by atoms with van der Waals surface area (Å²) in [5, 5.41) is 2.16. The number of methoxy groups -OCH3 is 1. The van der Waals surface area contributed by atoms with E-state index in [0.29, 0.717) is 5.88 Å². The second-order valence-electron chi connectivity index (χ2n) is 3.16. The summed E-state index contributed by atoms with van der Waals surface area (Å²) in [6, 6.07) is 6.26. The molecule has 1 aromatic carbocycles. The van der Waals surface area contributed by atoms with Crippen LogP contribution in [0.25, 0.3) is 10.1 Å². The first-order valence-electron chi connectivity index (χ1n) is 4.39. The molecule has 0 atom stereocenters. The summed E-state index contributed by atoms with van der Waals surface area (Å²) < 4.78 is 6.59. The predicted molar refractivity (Wildman–Crippen MR) is 62.7 cm³/mol. The molecule has 0 aliphatic carbocycles. The van der Waals surface area contributed by atoms with Crippen LogP contribution in [-0.4, -0.2) is 7.11 Å². The van der Waals surface area contributed by atoms with Gasteiger partial charge in [-0.1, -0.05) is 29.5 Å². The van der Waals surface area contributed by atoms with E-state index >= 15 is 0 Å². The third kappa shape index (κ3) is 1.39. The summed E-state index contributed by atoms with van der Waals surface area (Å²) in [4.78, 5) is 0. The maximum atomic E-state index is 5.91. The summed E-state index contributed by atoms with van der Waals surface area (Å²) in [6.45, 7) is 2.11. The molecule has 74 valence electrons. The minimum Gasteiger partial charge on any atom is -0.487 e. The van der Waals surface area contributed by atoms with E-state index < -0.39 is 0 Å². The maximum Gasteiger partial charge on any atom is 0.179 e. The van der Waals surface area contributed by atoms with Crippen LogP contribution in [0.15, 0.2) is 18.2 Å². The van der Waals surface area contributed by atoms with E-state index in [4.69, 9.17) is 16.3 Å². The predicted octanol–water partition coefficient (Wildman–Crippen LogP) is 3.96. The minimum atomic E-state index is 0.507. The van der Waals surface area contributed by atoms with Gasteiger partial charge in [0.25, 0.3) is 0 Å². The molecular weight excluding hydrogens is 216 g/mol. The molecule has 0 aliphatic rings. The molecule has 14 heavy (non-hydrogen) atoms. The Labute approximate surface area is 92.3 Å². The number of aryl methyl sites for hydroxylation is 1. The molecular formula is C11H11ClOS. The fourth-order valence-corrected chi connectivity index (χ4v) is 3.03. The number of rotatable bonds is 2. The van der Waals surface area contributed by atoms with E-state index in [9.17, 15) is 0 Å². The fraction of sp³-hybridized carbons (Fsp3) is 0.273. The van der Waals surface area contributed by atoms with Gasteiger partial charge in [-0.15, -0.1) is 11.6 Å². The first kappa shape index (κ1) is 9.81. The molecule has 0 aliphatic heterocycles. The normalized spacial score (nSPS) is 10.8. The molecule has 1 nitrogen and oxygen atoms in total. The number of hydrogen-bond acceptors (Lipinski definition) is 2. The lowest BCUT2D eigenvalue weighted by molar-refractivity contribution is 0.424. The van der Waals surface area contributed by atoms with Crippen molar-refractivity contribution in [2.24, 2.45) is 0 Å². The van der Waals surface area contributed by atoms with Crippen LogP contribution in [-0.2, 0) is 5.88 Å². The number of alkyl halides is 1. The Morgan fingerprint density at radius 1 is 1.43 bits per heavy atom. The van der Waals surface area contributed by atoms with Gasteiger partial charge in [-0.05, 0) is 12.5 Å². The van der Waals surface area contributed by atoms with E-state index in [2.05, 4.69) is 25.1 Å². The minimum absolute atomic E-state index is 0.507. The number of ether oxygens (including phenoxy) is 1. The Hall–Kier alpha value is -0.730. The van der Waals surface area contributed by atoms with Crippen molar-refractivity contribution in [2.75, 3.05) is 7.11 Å².